The highest BCUT2D eigenvalue weighted by atomic mass is 19.1. The van der Waals surface area contributed by atoms with Gasteiger partial charge in [-0.05, 0) is 31.5 Å². The molecule has 1 atom stereocenters. The van der Waals surface area contributed by atoms with Crippen molar-refractivity contribution in [3.63, 3.8) is 0 Å². The zero-order chi connectivity index (χ0) is 17.7. The monoisotopic (exact) mass is 336 g/mol. The van der Waals surface area contributed by atoms with Crippen molar-refractivity contribution in [2.45, 2.75) is 39.8 Å². The summed E-state index contributed by atoms with van der Waals surface area (Å²) in [6, 6.07) is 3.27. The van der Waals surface area contributed by atoms with E-state index in [9.17, 15) is 14.3 Å². The third kappa shape index (κ3) is 4.21. The maximum atomic E-state index is 13.4. The van der Waals surface area contributed by atoms with Crippen molar-refractivity contribution < 1.29 is 18.8 Å². The molecule has 0 spiro atoms. The molecule has 0 unspecified atom stereocenters. The summed E-state index contributed by atoms with van der Waals surface area (Å²) >= 11 is 0. The summed E-state index contributed by atoms with van der Waals surface area (Å²) in [5, 5.41) is 15.8. The van der Waals surface area contributed by atoms with Gasteiger partial charge in [0, 0.05) is 13.0 Å². The highest BCUT2D eigenvalue weighted by Crippen LogP contribution is 2.21. The maximum Gasteiger partial charge on any atom is 0.318 e. The van der Waals surface area contributed by atoms with Gasteiger partial charge in [0.15, 0.2) is 17.4 Å². The molecule has 7 nitrogen and oxygen atoms in total. The van der Waals surface area contributed by atoms with E-state index in [4.69, 9.17) is 4.52 Å². The number of phenols is 1. The van der Waals surface area contributed by atoms with Crippen LogP contribution in [0.25, 0.3) is 0 Å². The molecular formula is C16H21FN4O3. The number of benzene rings is 1. The lowest BCUT2D eigenvalue weighted by atomic mass is 10.1. The Hall–Kier alpha value is -2.64. The first-order valence-electron chi connectivity index (χ1n) is 7.79. The minimum Gasteiger partial charge on any atom is -0.505 e. The number of nitrogens with one attached hydrogen (secondary N) is 1. The molecule has 24 heavy (non-hydrogen) atoms. The van der Waals surface area contributed by atoms with Crippen LogP contribution in [0.3, 0.4) is 0 Å². The lowest BCUT2D eigenvalue weighted by Gasteiger charge is -2.23. The summed E-state index contributed by atoms with van der Waals surface area (Å²) in [7, 11) is 0. The molecular weight excluding hydrogens is 315 g/mol. The van der Waals surface area contributed by atoms with Crippen LogP contribution in [0.1, 0.15) is 44.1 Å². The first-order chi connectivity index (χ1) is 11.4. The lowest BCUT2D eigenvalue weighted by molar-refractivity contribution is 0.186. The number of halogens is 1. The highest BCUT2D eigenvalue weighted by Gasteiger charge is 2.19. The Morgan fingerprint density at radius 3 is 2.79 bits per heavy atom. The van der Waals surface area contributed by atoms with E-state index in [1.54, 1.807) is 13.0 Å². The van der Waals surface area contributed by atoms with Gasteiger partial charge in [-0.3, -0.25) is 0 Å². The van der Waals surface area contributed by atoms with Crippen molar-refractivity contribution in [2.75, 3.05) is 6.54 Å². The smallest absolute Gasteiger partial charge is 0.318 e. The summed E-state index contributed by atoms with van der Waals surface area (Å²) in [4.78, 5) is 18.1. The predicted octanol–water partition coefficient (Wildman–Crippen LogP) is 2.77. The Kier molecular flexibility index (Phi) is 5.73. The number of aromatic hydroxyl groups is 1. The number of carbonyl (C=O) groups is 1. The van der Waals surface area contributed by atoms with E-state index in [1.165, 1.54) is 17.0 Å². The third-order valence-electron chi connectivity index (χ3n) is 3.63. The molecule has 0 fully saturated rings. The van der Waals surface area contributed by atoms with E-state index >= 15 is 0 Å². The molecule has 0 aliphatic carbocycles. The van der Waals surface area contributed by atoms with Gasteiger partial charge in [0.05, 0.1) is 6.04 Å². The maximum absolute atomic E-state index is 13.4. The van der Waals surface area contributed by atoms with Crippen LogP contribution in [-0.2, 0) is 13.0 Å². The average Bonchev–Trinajstić information content (AvgIpc) is 3.02. The van der Waals surface area contributed by atoms with Gasteiger partial charge in [-0.2, -0.15) is 4.98 Å². The highest BCUT2D eigenvalue weighted by molar-refractivity contribution is 5.74. The van der Waals surface area contributed by atoms with E-state index < -0.39 is 17.6 Å². The zero-order valence-corrected chi connectivity index (χ0v) is 13.9. The van der Waals surface area contributed by atoms with Gasteiger partial charge < -0.3 is 19.8 Å². The second kappa shape index (κ2) is 7.76. The van der Waals surface area contributed by atoms with Crippen LogP contribution >= 0.6 is 0 Å². The van der Waals surface area contributed by atoms with Gasteiger partial charge in [0.1, 0.15) is 6.54 Å². The third-order valence-corrected chi connectivity index (χ3v) is 3.63. The molecule has 0 saturated carbocycles. The molecule has 1 aromatic carbocycles. The van der Waals surface area contributed by atoms with Crippen molar-refractivity contribution in [1.29, 1.82) is 0 Å². The first kappa shape index (κ1) is 17.7. The van der Waals surface area contributed by atoms with E-state index in [-0.39, 0.29) is 12.6 Å². The summed E-state index contributed by atoms with van der Waals surface area (Å²) in [6.07, 6.45) is 0.658. The molecule has 130 valence electrons. The number of carbonyl (C=O) groups excluding carboxylic acids is 1. The fraction of sp³-hybridized carbons (Fsp3) is 0.438. The molecule has 2 aromatic rings. The van der Waals surface area contributed by atoms with E-state index in [2.05, 4.69) is 15.5 Å². The molecule has 0 aliphatic rings. The van der Waals surface area contributed by atoms with Gasteiger partial charge in [0.2, 0.25) is 5.89 Å². The van der Waals surface area contributed by atoms with Crippen molar-refractivity contribution in [3.8, 4) is 5.75 Å². The molecule has 2 rings (SSSR count). The molecule has 0 bridgehead atoms. The van der Waals surface area contributed by atoms with Crippen molar-refractivity contribution in [3.05, 3.63) is 41.3 Å². The number of hydrogen-bond donors (Lipinski definition) is 2. The van der Waals surface area contributed by atoms with Crippen LogP contribution in [0.2, 0.25) is 0 Å². The fourth-order valence-electron chi connectivity index (χ4n) is 2.14. The van der Waals surface area contributed by atoms with Crippen LogP contribution in [-0.4, -0.2) is 32.7 Å². The Morgan fingerprint density at radius 2 is 2.21 bits per heavy atom. The number of aromatic nitrogens is 2. The van der Waals surface area contributed by atoms with E-state index in [0.29, 0.717) is 30.2 Å². The summed E-state index contributed by atoms with van der Waals surface area (Å²) in [6.45, 7) is 6.14. The number of aryl methyl sites for hydroxylation is 1. The number of rotatable bonds is 6. The lowest BCUT2D eigenvalue weighted by Crippen LogP contribution is -2.40. The molecule has 2 N–H and O–H groups in total. The Bertz CT molecular complexity index is 704. The van der Waals surface area contributed by atoms with Gasteiger partial charge >= 0.3 is 6.03 Å². The standard InChI is InChI=1S/C16H21FN4O3/c1-4-14-19-15(24-20-14)9-21(5-2)16(23)18-10(3)11-6-7-13(22)12(17)8-11/h6-8,10,22H,4-5,9H2,1-3H3,(H,18,23)/t10-/m1/s1. The Labute approximate surface area is 139 Å². The second-order valence-corrected chi connectivity index (χ2v) is 5.35. The SMILES string of the molecule is CCc1noc(CN(CC)C(=O)N[C@H](C)c2ccc(O)c(F)c2)n1. The summed E-state index contributed by atoms with van der Waals surface area (Å²) < 4.78 is 18.5. The van der Waals surface area contributed by atoms with E-state index in [0.717, 1.165) is 0 Å². The van der Waals surface area contributed by atoms with Crippen LogP contribution in [0.15, 0.2) is 22.7 Å². The topological polar surface area (TPSA) is 91.5 Å². The second-order valence-electron chi connectivity index (χ2n) is 5.35. The number of hydrogen-bond acceptors (Lipinski definition) is 5. The molecule has 0 radical (unpaired) electrons. The number of phenolic OH excluding ortho intramolecular Hbond substituents is 1. The number of urea groups is 1. The average molecular weight is 336 g/mol. The van der Waals surface area contributed by atoms with Crippen LogP contribution in [0.4, 0.5) is 9.18 Å². The molecule has 8 heteroatoms. The van der Waals surface area contributed by atoms with Crippen LogP contribution in [0, 0.1) is 5.82 Å². The minimum atomic E-state index is -0.723. The molecule has 1 heterocycles. The Morgan fingerprint density at radius 1 is 1.46 bits per heavy atom. The predicted molar refractivity (Wildman–Crippen MR) is 84.8 cm³/mol. The van der Waals surface area contributed by atoms with Crippen LogP contribution in [0.5, 0.6) is 5.75 Å². The van der Waals surface area contributed by atoms with Crippen molar-refractivity contribution >= 4 is 6.03 Å². The van der Waals surface area contributed by atoms with Gasteiger partial charge in [-0.25, -0.2) is 9.18 Å². The van der Waals surface area contributed by atoms with Crippen molar-refractivity contribution in [2.24, 2.45) is 0 Å². The summed E-state index contributed by atoms with van der Waals surface area (Å²) in [5.74, 6) is -0.184. The largest absolute Gasteiger partial charge is 0.505 e. The number of nitrogens with zero attached hydrogens (tertiary/aromatic N) is 3. The molecule has 0 saturated heterocycles. The fourth-order valence-corrected chi connectivity index (χ4v) is 2.14. The quantitative estimate of drug-likeness (QED) is 0.846. The van der Waals surface area contributed by atoms with Crippen molar-refractivity contribution in [1.82, 2.24) is 20.4 Å². The van der Waals surface area contributed by atoms with E-state index in [1.807, 2.05) is 13.8 Å². The Balaban J connectivity index is 2.01. The summed E-state index contributed by atoms with van der Waals surface area (Å²) in [5.41, 5.74) is 0.556. The number of amides is 2. The van der Waals surface area contributed by atoms with Gasteiger partial charge in [0.25, 0.3) is 0 Å². The molecule has 1 aromatic heterocycles. The molecule has 0 aliphatic heterocycles. The zero-order valence-electron chi connectivity index (χ0n) is 13.9. The van der Waals surface area contributed by atoms with Gasteiger partial charge in [-0.1, -0.05) is 18.1 Å². The first-order valence-corrected chi connectivity index (χ1v) is 7.79. The molecule has 2 amide bonds. The normalized spacial score (nSPS) is 12.0. The van der Waals surface area contributed by atoms with Gasteiger partial charge in [-0.15, -0.1) is 0 Å². The van der Waals surface area contributed by atoms with Crippen LogP contribution < -0.4 is 5.32 Å². The minimum absolute atomic E-state index is 0.200.